The van der Waals surface area contributed by atoms with Gasteiger partial charge in [-0.2, -0.15) is 0 Å². The molecule has 1 saturated carbocycles. The number of halogens is 2. The van der Waals surface area contributed by atoms with Crippen molar-refractivity contribution in [2.45, 2.75) is 18.4 Å². The average Bonchev–Trinajstić information content (AvgIpc) is 3.25. The third-order valence-electron chi connectivity index (χ3n) is 4.34. The third kappa shape index (κ3) is 2.51. The summed E-state index contributed by atoms with van der Waals surface area (Å²) >= 11 is 0. The van der Waals surface area contributed by atoms with E-state index in [-0.39, 0.29) is 30.4 Å². The number of hydrogen-bond donors (Lipinski definition) is 1. The summed E-state index contributed by atoms with van der Waals surface area (Å²) in [6, 6.07) is 6.26. The monoisotopic (exact) mass is 329 g/mol. The molecule has 2 aliphatic rings. The van der Waals surface area contributed by atoms with E-state index in [1.165, 1.54) is 17.0 Å². The smallest absolute Gasteiger partial charge is 0.324 e. The minimum Gasteiger partial charge on any atom is -0.329 e. The number of nitrogens with zero attached hydrogens (tertiary/aromatic N) is 2. The maximum absolute atomic E-state index is 13.3. The van der Waals surface area contributed by atoms with Crippen LogP contribution in [-0.2, 0) is 4.79 Å². The molecule has 7 heteroatoms. The van der Waals surface area contributed by atoms with E-state index >= 15 is 0 Å². The molecule has 1 aromatic heterocycles. The van der Waals surface area contributed by atoms with Crippen molar-refractivity contribution in [3.05, 3.63) is 53.7 Å². The van der Waals surface area contributed by atoms with Crippen molar-refractivity contribution in [2.24, 2.45) is 0 Å². The Morgan fingerprint density at radius 1 is 1.12 bits per heavy atom. The molecule has 24 heavy (non-hydrogen) atoms. The molecule has 2 fully saturated rings. The zero-order valence-corrected chi connectivity index (χ0v) is 12.5. The Balaban J connectivity index is 1.53. The molecule has 122 valence electrons. The van der Waals surface area contributed by atoms with Gasteiger partial charge in [0.1, 0.15) is 11.6 Å². The van der Waals surface area contributed by atoms with Crippen LogP contribution in [-0.4, -0.2) is 34.4 Å². The molecule has 1 aliphatic carbocycles. The number of urea groups is 1. The molecule has 1 N–H and O–H groups in total. The topological polar surface area (TPSA) is 62.3 Å². The zero-order chi connectivity index (χ0) is 16.8. The number of nitrogens with one attached hydrogen (secondary N) is 1. The van der Waals surface area contributed by atoms with Gasteiger partial charge in [-0.1, -0.05) is 6.07 Å². The van der Waals surface area contributed by atoms with Crippen LogP contribution < -0.4 is 5.32 Å². The highest BCUT2D eigenvalue weighted by Crippen LogP contribution is 2.45. The van der Waals surface area contributed by atoms with Gasteiger partial charge in [0.2, 0.25) is 5.91 Å². The summed E-state index contributed by atoms with van der Waals surface area (Å²) in [6.07, 6.45) is 2.33. The summed E-state index contributed by atoms with van der Waals surface area (Å²) in [7, 11) is 0. The summed E-state index contributed by atoms with van der Waals surface area (Å²) in [5.74, 6) is -1.47. The molecule has 2 unspecified atom stereocenters. The van der Waals surface area contributed by atoms with Crippen LogP contribution in [0.15, 0.2) is 36.5 Å². The van der Waals surface area contributed by atoms with E-state index in [2.05, 4.69) is 10.3 Å². The Morgan fingerprint density at radius 2 is 1.88 bits per heavy atom. The first-order valence-electron chi connectivity index (χ1n) is 7.55. The Labute approximate surface area is 136 Å². The van der Waals surface area contributed by atoms with E-state index in [1.807, 2.05) is 6.07 Å². The molecule has 5 nitrogen and oxygen atoms in total. The van der Waals surface area contributed by atoms with Crippen LogP contribution in [0.4, 0.5) is 13.6 Å². The molecule has 1 saturated heterocycles. The lowest BCUT2D eigenvalue weighted by atomic mass is 10.1. The zero-order valence-electron chi connectivity index (χ0n) is 12.5. The molecular formula is C17H13F2N3O2. The second-order valence-corrected chi connectivity index (χ2v) is 5.97. The first kappa shape index (κ1) is 14.7. The molecule has 1 aromatic carbocycles. The van der Waals surface area contributed by atoms with Crippen LogP contribution in [0, 0.1) is 11.6 Å². The van der Waals surface area contributed by atoms with Gasteiger partial charge in [0, 0.05) is 29.8 Å². The Kier molecular flexibility index (Phi) is 3.30. The minimum absolute atomic E-state index is 0.0460. The van der Waals surface area contributed by atoms with Crippen molar-refractivity contribution in [1.82, 2.24) is 15.2 Å². The molecule has 2 heterocycles. The molecule has 3 amide bonds. The molecule has 0 bridgehead atoms. The van der Waals surface area contributed by atoms with Gasteiger partial charge in [-0.3, -0.25) is 14.7 Å². The Hall–Kier alpha value is -2.83. The number of carbonyl (C=O) groups is 2. The number of hydrogen-bond acceptors (Lipinski definition) is 3. The predicted molar refractivity (Wildman–Crippen MR) is 81.0 cm³/mol. The van der Waals surface area contributed by atoms with Gasteiger partial charge >= 0.3 is 6.03 Å². The van der Waals surface area contributed by atoms with Crippen LogP contribution in [0.3, 0.4) is 0 Å². The second-order valence-electron chi connectivity index (χ2n) is 5.97. The number of aromatic nitrogens is 1. The standard InChI is InChI=1S/C17H13F2N3O2/c18-11-3-10(4-12(19)5-11)14-2-1-9(7-20-14)13-6-15(13)22-16(23)8-21-17(22)24/h1-5,7,13,15H,6,8H2,(H,21,24). The lowest BCUT2D eigenvalue weighted by Gasteiger charge is -2.12. The van der Waals surface area contributed by atoms with E-state index in [0.717, 1.165) is 11.6 Å². The summed E-state index contributed by atoms with van der Waals surface area (Å²) in [5.41, 5.74) is 1.72. The highest BCUT2D eigenvalue weighted by Gasteiger charge is 2.49. The van der Waals surface area contributed by atoms with Gasteiger partial charge in [0.05, 0.1) is 12.2 Å². The van der Waals surface area contributed by atoms with Gasteiger partial charge in [-0.25, -0.2) is 13.6 Å². The quantitative estimate of drug-likeness (QED) is 0.880. The SMILES string of the molecule is O=C1CNC(=O)N1C1CC1c1ccc(-c2cc(F)cc(F)c2)nc1. The minimum atomic E-state index is -0.656. The molecule has 1 aliphatic heterocycles. The summed E-state index contributed by atoms with van der Waals surface area (Å²) in [5, 5.41) is 2.50. The molecular weight excluding hydrogens is 316 g/mol. The van der Waals surface area contributed by atoms with Crippen molar-refractivity contribution >= 4 is 11.9 Å². The molecule has 4 rings (SSSR count). The summed E-state index contributed by atoms with van der Waals surface area (Å²) < 4.78 is 26.6. The van der Waals surface area contributed by atoms with Crippen molar-refractivity contribution in [3.63, 3.8) is 0 Å². The Bertz CT molecular complexity index is 802. The number of carbonyl (C=O) groups excluding carboxylic acids is 2. The van der Waals surface area contributed by atoms with E-state index < -0.39 is 11.6 Å². The fraction of sp³-hybridized carbons (Fsp3) is 0.235. The Morgan fingerprint density at radius 3 is 2.46 bits per heavy atom. The van der Waals surface area contributed by atoms with Gasteiger partial charge in [0.15, 0.2) is 0 Å². The molecule has 2 aromatic rings. The summed E-state index contributed by atoms with van der Waals surface area (Å²) in [6.45, 7) is 0.0460. The number of rotatable bonds is 3. The fourth-order valence-corrected chi connectivity index (χ4v) is 3.09. The van der Waals surface area contributed by atoms with Gasteiger partial charge in [-0.05, 0) is 30.2 Å². The fourth-order valence-electron chi connectivity index (χ4n) is 3.09. The lowest BCUT2D eigenvalue weighted by Crippen LogP contribution is -2.33. The van der Waals surface area contributed by atoms with E-state index in [0.29, 0.717) is 17.7 Å². The first-order chi connectivity index (χ1) is 11.5. The lowest BCUT2D eigenvalue weighted by molar-refractivity contribution is -0.125. The van der Waals surface area contributed by atoms with Crippen molar-refractivity contribution < 1.29 is 18.4 Å². The van der Waals surface area contributed by atoms with E-state index in [4.69, 9.17) is 0 Å². The first-order valence-corrected chi connectivity index (χ1v) is 7.55. The van der Waals surface area contributed by atoms with E-state index in [1.54, 1.807) is 12.3 Å². The maximum atomic E-state index is 13.3. The average molecular weight is 329 g/mol. The third-order valence-corrected chi connectivity index (χ3v) is 4.34. The number of pyridine rings is 1. The van der Waals surface area contributed by atoms with E-state index in [9.17, 15) is 18.4 Å². The highest BCUT2D eigenvalue weighted by atomic mass is 19.1. The van der Waals surface area contributed by atoms with Crippen molar-refractivity contribution in [2.75, 3.05) is 6.54 Å². The summed E-state index contributed by atoms with van der Waals surface area (Å²) in [4.78, 5) is 28.9. The van der Waals surface area contributed by atoms with Crippen LogP contribution in [0.5, 0.6) is 0 Å². The van der Waals surface area contributed by atoms with Gasteiger partial charge in [-0.15, -0.1) is 0 Å². The van der Waals surface area contributed by atoms with Crippen LogP contribution >= 0.6 is 0 Å². The molecule has 0 radical (unpaired) electrons. The van der Waals surface area contributed by atoms with Crippen LogP contribution in [0.2, 0.25) is 0 Å². The maximum Gasteiger partial charge on any atom is 0.324 e. The van der Waals surface area contributed by atoms with Crippen molar-refractivity contribution in [3.8, 4) is 11.3 Å². The van der Waals surface area contributed by atoms with Crippen molar-refractivity contribution in [1.29, 1.82) is 0 Å². The van der Waals surface area contributed by atoms with Gasteiger partial charge in [0.25, 0.3) is 0 Å². The number of amides is 3. The van der Waals surface area contributed by atoms with Gasteiger partial charge < -0.3 is 5.32 Å². The second kappa shape index (κ2) is 5.36. The highest BCUT2D eigenvalue weighted by molar-refractivity contribution is 6.02. The largest absolute Gasteiger partial charge is 0.329 e. The van der Waals surface area contributed by atoms with Crippen LogP contribution in [0.1, 0.15) is 17.9 Å². The van der Waals surface area contributed by atoms with Crippen LogP contribution in [0.25, 0.3) is 11.3 Å². The normalized spacial score (nSPS) is 22.7. The number of benzene rings is 1. The molecule has 2 atom stereocenters. The molecule has 0 spiro atoms. The predicted octanol–water partition coefficient (Wildman–Crippen LogP) is 2.43. The number of imide groups is 1.